The summed E-state index contributed by atoms with van der Waals surface area (Å²) in [7, 11) is -3.49. The summed E-state index contributed by atoms with van der Waals surface area (Å²) in [4.78, 5) is 0.294. The highest BCUT2D eigenvalue weighted by molar-refractivity contribution is 7.89. The van der Waals surface area contributed by atoms with Crippen LogP contribution in [0, 0.1) is 0 Å². The Balaban J connectivity index is 3.10. The average molecular weight is 287 g/mol. The number of aryl methyl sites for hydroxylation is 1. The van der Waals surface area contributed by atoms with Gasteiger partial charge in [-0.15, -0.1) is 0 Å². The molecule has 0 aliphatic carbocycles. The molecular weight excluding hydrogens is 262 g/mol. The van der Waals surface area contributed by atoms with E-state index in [1.54, 1.807) is 12.3 Å². The minimum absolute atomic E-state index is 0.294. The first-order chi connectivity index (χ1) is 8.81. The molecule has 0 aliphatic rings. The molecule has 1 heterocycles. The minimum atomic E-state index is -3.49. The highest BCUT2D eigenvalue weighted by atomic mass is 32.2. The van der Waals surface area contributed by atoms with E-state index in [1.165, 1.54) is 0 Å². The summed E-state index contributed by atoms with van der Waals surface area (Å²) in [5, 5.41) is 0. The largest absolute Gasteiger partial charge is 0.349 e. The lowest BCUT2D eigenvalue weighted by Crippen LogP contribution is -2.44. The molecule has 0 spiro atoms. The predicted molar refractivity (Wildman–Crippen MR) is 77.3 cm³/mol. The highest BCUT2D eigenvalue weighted by Crippen LogP contribution is 2.20. The van der Waals surface area contributed by atoms with Crippen molar-refractivity contribution in [2.24, 2.45) is 5.73 Å². The molecular formula is C13H25N3O2S. The fourth-order valence-corrected chi connectivity index (χ4v) is 3.53. The molecule has 6 heteroatoms. The van der Waals surface area contributed by atoms with Crippen LogP contribution in [-0.2, 0) is 23.1 Å². The molecule has 0 atom stereocenters. The van der Waals surface area contributed by atoms with Gasteiger partial charge in [0.25, 0.3) is 0 Å². The Kier molecular flexibility index (Phi) is 5.18. The number of hydrogen-bond donors (Lipinski definition) is 2. The molecule has 1 aromatic rings. The number of nitrogens with two attached hydrogens (primary N) is 1. The summed E-state index contributed by atoms with van der Waals surface area (Å²) in [5.74, 6) is 0. The van der Waals surface area contributed by atoms with Crippen molar-refractivity contribution in [3.8, 4) is 0 Å². The van der Waals surface area contributed by atoms with E-state index in [4.69, 9.17) is 5.73 Å². The third kappa shape index (κ3) is 3.58. The Labute approximate surface area is 116 Å². The predicted octanol–water partition coefficient (Wildman–Crippen LogP) is 1.82. The lowest BCUT2D eigenvalue weighted by Gasteiger charge is -2.27. The monoisotopic (exact) mass is 287 g/mol. The third-order valence-corrected chi connectivity index (χ3v) is 5.37. The lowest BCUT2D eigenvalue weighted by atomic mass is 9.98. The van der Waals surface area contributed by atoms with Gasteiger partial charge in [0.1, 0.15) is 0 Å². The minimum Gasteiger partial charge on any atom is -0.349 e. The number of rotatable bonds is 7. The van der Waals surface area contributed by atoms with Gasteiger partial charge in [-0.25, -0.2) is 13.1 Å². The second kappa shape index (κ2) is 6.07. The summed E-state index contributed by atoms with van der Waals surface area (Å²) >= 11 is 0. The Morgan fingerprint density at radius 1 is 1.32 bits per heavy atom. The number of sulfonamides is 1. The van der Waals surface area contributed by atoms with Gasteiger partial charge in [-0.2, -0.15) is 0 Å². The van der Waals surface area contributed by atoms with Gasteiger partial charge in [0, 0.05) is 30.5 Å². The van der Waals surface area contributed by atoms with Crippen molar-refractivity contribution in [2.45, 2.75) is 64.1 Å². The van der Waals surface area contributed by atoms with Gasteiger partial charge in [0.2, 0.25) is 10.0 Å². The van der Waals surface area contributed by atoms with Gasteiger partial charge in [-0.1, -0.05) is 13.8 Å². The number of nitrogens with zero attached hydrogens (tertiary/aromatic N) is 1. The van der Waals surface area contributed by atoms with Crippen molar-refractivity contribution in [3.05, 3.63) is 18.0 Å². The van der Waals surface area contributed by atoms with Crippen LogP contribution in [0.2, 0.25) is 0 Å². The molecule has 19 heavy (non-hydrogen) atoms. The zero-order valence-electron chi connectivity index (χ0n) is 12.2. The van der Waals surface area contributed by atoms with Gasteiger partial charge < -0.3 is 10.3 Å². The molecule has 1 aromatic heterocycles. The molecule has 5 nitrogen and oxygen atoms in total. The smallest absolute Gasteiger partial charge is 0.242 e. The van der Waals surface area contributed by atoms with Gasteiger partial charge >= 0.3 is 0 Å². The molecule has 0 aromatic carbocycles. The van der Waals surface area contributed by atoms with Crippen LogP contribution in [-0.4, -0.2) is 18.5 Å². The van der Waals surface area contributed by atoms with Crippen molar-refractivity contribution < 1.29 is 8.42 Å². The van der Waals surface area contributed by atoms with Crippen LogP contribution < -0.4 is 10.5 Å². The number of hydrogen-bond acceptors (Lipinski definition) is 3. The molecule has 0 saturated heterocycles. The summed E-state index contributed by atoms with van der Waals surface area (Å²) < 4.78 is 29.5. The van der Waals surface area contributed by atoms with E-state index in [9.17, 15) is 8.42 Å². The zero-order chi connectivity index (χ0) is 14.7. The molecule has 0 fully saturated rings. The van der Waals surface area contributed by atoms with Crippen LogP contribution in [0.4, 0.5) is 0 Å². The van der Waals surface area contributed by atoms with Gasteiger partial charge in [-0.3, -0.25) is 0 Å². The molecule has 3 N–H and O–H groups in total. The molecule has 0 unspecified atom stereocenters. The quantitative estimate of drug-likeness (QED) is 0.803. The highest BCUT2D eigenvalue weighted by Gasteiger charge is 2.28. The zero-order valence-corrected chi connectivity index (χ0v) is 13.0. The topological polar surface area (TPSA) is 77.1 Å². The molecule has 0 bridgehead atoms. The number of nitrogens with one attached hydrogen (secondary N) is 1. The molecule has 110 valence electrons. The van der Waals surface area contributed by atoms with Crippen LogP contribution in [0.1, 0.15) is 46.2 Å². The second-order valence-electron chi connectivity index (χ2n) is 5.03. The van der Waals surface area contributed by atoms with Gasteiger partial charge in [0.05, 0.1) is 4.90 Å². The van der Waals surface area contributed by atoms with E-state index in [0.717, 1.165) is 18.5 Å². The van der Waals surface area contributed by atoms with Crippen LogP contribution in [0.5, 0.6) is 0 Å². The number of aromatic nitrogens is 1. The van der Waals surface area contributed by atoms with E-state index < -0.39 is 15.6 Å². The van der Waals surface area contributed by atoms with Crippen molar-refractivity contribution in [1.29, 1.82) is 0 Å². The maximum atomic E-state index is 12.4. The molecule has 0 amide bonds. The molecule has 0 saturated carbocycles. The van der Waals surface area contributed by atoms with E-state index in [2.05, 4.69) is 4.72 Å². The first kappa shape index (κ1) is 16.2. The summed E-state index contributed by atoms with van der Waals surface area (Å²) in [6.45, 7) is 8.89. The maximum Gasteiger partial charge on any atom is 0.242 e. The second-order valence-corrected chi connectivity index (χ2v) is 6.71. The maximum absolute atomic E-state index is 12.4. The molecule has 0 radical (unpaired) electrons. The van der Waals surface area contributed by atoms with Crippen LogP contribution >= 0.6 is 0 Å². The molecule has 1 rings (SSSR count). The van der Waals surface area contributed by atoms with E-state index in [1.807, 2.05) is 32.3 Å². The van der Waals surface area contributed by atoms with Crippen molar-refractivity contribution in [3.63, 3.8) is 0 Å². The fraction of sp³-hybridized carbons (Fsp3) is 0.692. The first-order valence-electron chi connectivity index (χ1n) is 6.75. The Hall–Kier alpha value is -0.850. The van der Waals surface area contributed by atoms with Crippen molar-refractivity contribution in [1.82, 2.24) is 9.29 Å². The van der Waals surface area contributed by atoms with Crippen LogP contribution in [0.15, 0.2) is 17.2 Å². The third-order valence-electron chi connectivity index (χ3n) is 3.76. The Morgan fingerprint density at radius 3 is 2.26 bits per heavy atom. The fourth-order valence-electron chi connectivity index (χ4n) is 1.92. The standard InChI is InChI=1S/C13H25N3O2S/c1-5-13(4,6-2)15-19(17,18)12-8-11(9-14)16(7-3)10-12/h8,10,15H,5-7,9,14H2,1-4H3. The summed E-state index contributed by atoms with van der Waals surface area (Å²) in [6.07, 6.45) is 3.15. The average Bonchev–Trinajstić information content (AvgIpc) is 2.82. The first-order valence-corrected chi connectivity index (χ1v) is 8.23. The van der Waals surface area contributed by atoms with E-state index in [0.29, 0.717) is 18.0 Å². The summed E-state index contributed by atoms with van der Waals surface area (Å²) in [6, 6.07) is 1.65. The van der Waals surface area contributed by atoms with Gasteiger partial charge in [0.15, 0.2) is 0 Å². The normalized spacial score (nSPS) is 12.9. The Morgan fingerprint density at radius 2 is 1.89 bits per heavy atom. The van der Waals surface area contributed by atoms with E-state index >= 15 is 0 Å². The van der Waals surface area contributed by atoms with Crippen LogP contribution in [0.25, 0.3) is 0 Å². The molecule has 0 aliphatic heterocycles. The summed E-state index contributed by atoms with van der Waals surface area (Å²) in [5.41, 5.74) is 6.05. The Bertz CT molecular complexity index is 494. The van der Waals surface area contributed by atoms with Crippen molar-refractivity contribution in [2.75, 3.05) is 0 Å². The van der Waals surface area contributed by atoms with E-state index in [-0.39, 0.29) is 0 Å². The lowest BCUT2D eigenvalue weighted by molar-refractivity contribution is 0.388. The SMILES string of the molecule is CCn1cc(S(=O)(=O)NC(C)(CC)CC)cc1CN. The van der Waals surface area contributed by atoms with Gasteiger partial charge in [-0.05, 0) is 32.8 Å². The van der Waals surface area contributed by atoms with Crippen molar-refractivity contribution >= 4 is 10.0 Å². The van der Waals surface area contributed by atoms with Crippen LogP contribution in [0.3, 0.4) is 0 Å².